The van der Waals surface area contributed by atoms with Crippen molar-refractivity contribution < 1.29 is 31.6 Å². The van der Waals surface area contributed by atoms with E-state index in [-0.39, 0.29) is 30.2 Å². The number of nitrogens with one attached hydrogen (secondary N) is 1. The van der Waals surface area contributed by atoms with Gasteiger partial charge in [-0.25, -0.2) is 0 Å². The largest absolute Gasteiger partial charge is 0.496 e. The standard InChI is InChI=1S/C26H32F3N5O3/c1-15-17(5-4-6-21(15)37-3)24-18(30-25(36)20-10-11-32(20)2)9-12-33(24)23(35)14-34-22(26(27,28)29)13-19(31-34)16-7-8-16/h4-6,13,16,18,20,24H,7-12,14H2,1-3H3,(H,30,36)/t18-,20+,24-/m1/s1/i3D3. The molecule has 2 saturated heterocycles. The van der Waals surface area contributed by atoms with Gasteiger partial charge in [-0.3, -0.25) is 19.2 Å². The number of likely N-dealkylation sites (N-methyl/N-ethyl adjacent to an activating group) is 1. The molecule has 1 aromatic heterocycles. The van der Waals surface area contributed by atoms with Gasteiger partial charge >= 0.3 is 6.18 Å². The van der Waals surface area contributed by atoms with Gasteiger partial charge < -0.3 is 15.0 Å². The number of aromatic nitrogens is 2. The number of nitrogens with zero attached hydrogens (tertiary/aromatic N) is 4. The second kappa shape index (κ2) is 9.66. The van der Waals surface area contributed by atoms with Crippen LogP contribution < -0.4 is 10.1 Å². The monoisotopic (exact) mass is 522 g/mol. The van der Waals surface area contributed by atoms with Gasteiger partial charge in [0.2, 0.25) is 11.8 Å². The van der Waals surface area contributed by atoms with Crippen molar-refractivity contribution in [3.05, 3.63) is 46.8 Å². The molecule has 1 saturated carbocycles. The molecular formula is C26H32F3N5O3. The molecule has 2 aliphatic heterocycles. The highest BCUT2D eigenvalue weighted by Gasteiger charge is 2.43. The van der Waals surface area contributed by atoms with Crippen LogP contribution in [0.5, 0.6) is 5.75 Å². The van der Waals surface area contributed by atoms with E-state index in [1.54, 1.807) is 19.1 Å². The number of hydrogen-bond acceptors (Lipinski definition) is 5. The number of carbonyl (C=O) groups is 2. The number of amides is 2. The zero-order valence-electron chi connectivity index (χ0n) is 23.7. The first-order chi connectivity index (χ1) is 18.7. The van der Waals surface area contributed by atoms with Gasteiger partial charge in [0.1, 0.15) is 18.0 Å². The zero-order chi connectivity index (χ0) is 29.0. The third-order valence-electron chi connectivity index (χ3n) is 7.76. The van der Waals surface area contributed by atoms with E-state index in [1.807, 2.05) is 11.9 Å². The summed E-state index contributed by atoms with van der Waals surface area (Å²) in [6.07, 6.45) is -2.06. The van der Waals surface area contributed by atoms with Gasteiger partial charge in [-0.05, 0) is 62.9 Å². The molecule has 1 aromatic carbocycles. The van der Waals surface area contributed by atoms with E-state index in [1.165, 1.54) is 11.0 Å². The quantitative estimate of drug-likeness (QED) is 0.604. The Morgan fingerprint density at radius 2 is 2.00 bits per heavy atom. The van der Waals surface area contributed by atoms with Crippen molar-refractivity contribution in [3.63, 3.8) is 0 Å². The van der Waals surface area contributed by atoms with E-state index >= 15 is 0 Å². The molecule has 3 atom stereocenters. The fourth-order valence-corrected chi connectivity index (χ4v) is 5.38. The van der Waals surface area contributed by atoms with E-state index < -0.39 is 43.4 Å². The Morgan fingerprint density at radius 3 is 2.62 bits per heavy atom. The molecule has 2 aromatic rings. The fourth-order valence-electron chi connectivity index (χ4n) is 5.38. The second-order valence-corrected chi connectivity index (χ2v) is 10.2. The molecule has 0 spiro atoms. The van der Waals surface area contributed by atoms with Crippen LogP contribution in [0.4, 0.5) is 13.2 Å². The second-order valence-electron chi connectivity index (χ2n) is 10.2. The maximum absolute atomic E-state index is 13.8. The van der Waals surface area contributed by atoms with Crippen LogP contribution >= 0.6 is 0 Å². The molecular weight excluding hydrogens is 487 g/mol. The number of halogens is 3. The van der Waals surface area contributed by atoms with E-state index in [0.29, 0.717) is 29.7 Å². The van der Waals surface area contributed by atoms with Crippen molar-refractivity contribution >= 4 is 11.8 Å². The van der Waals surface area contributed by atoms with Crippen molar-refractivity contribution in [2.45, 2.75) is 69.4 Å². The Bertz CT molecular complexity index is 1290. The zero-order valence-corrected chi connectivity index (χ0v) is 20.7. The van der Waals surface area contributed by atoms with Crippen LogP contribution in [0.1, 0.15) is 64.3 Å². The van der Waals surface area contributed by atoms with E-state index in [4.69, 9.17) is 8.85 Å². The van der Waals surface area contributed by atoms with Crippen molar-refractivity contribution in [2.75, 3.05) is 27.2 Å². The van der Waals surface area contributed by atoms with Gasteiger partial charge in [-0.1, -0.05) is 12.1 Å². The predicted molar refractivity (Wildman–Crippen MR) is 129 cm³/mol. The summed E-state index contributed by atoms with van der Waals surface area (Å²) < 4.78 is 69.8. The molecule has 3 fully saturated rings. The van der Waals surface area contributed by atoms with Crippen LogP contribution in [0.25, 0.3) is 0 Å². The molecule has 37 heavy (non-hydrogen) atoms. The molecule has 1 N–H and O–H groups in total. The minimum Gasteiger partial charge on any atom is -0.496 e. The highest BCUT2D eigenvalue weighted by atomic mass is 19.4. The number of likely N-dealkylation sites (tertiary alicyclic amines) is 2. The molecule has 0 radical (unpaired) electrons. The maximum Gasteiger partial charge on any atom is 0.433 e. The summed E-state index contributed by atoms with van der Waals surface area (Å²) in [5.41, 5.74) is 0.378. The topological polar surface area (TPSA) is 79.7 Å². The number of alkyl halides is 3. The molecule has 3 aliphatic rings. The van der Waals surface area contributed by atoms with Gasteiger partial charge in [0, 0.05) is 19.0 Å². The maximum atomic E-state index is 13.8. The molecule has 11 heteroatoms. The first-order valence-electron chi connectivity index (χ1n) is 14.0. The average molecular weight is 523 g/mol. The average Bonchev–Trinajstić information content (AvgIpc) is 3.47. The minimum absolute atomic E-state index is 0.0233. The molecule has 200 valence electrons. The van der Waals surface area contributed by atoms with Gasteiger partial charge in [0.15, 0.2) is 0 Å². The summed E-state index contributed by atoms with van der Waals surface area (Å²) in [5.74, 6) is -0.697. The van der Waals surface area contributed by atoms with Crippen molar-refractivity contribution in [2.24, 2.45) is 0 Å². The van der Waals surface area contributed by atoms with E-state index in [9.17, 15) is 22.8 Å². The SMILES string of the molecule is [2H]C([2H])([2H])Oc1cccc([C@@H]2[C@H](NC(=O)[C@@H]3CCN3C)CCN2C(=O)Cn2nc(C3CC3)cc2C(F)(F)F)c1C. The lowest BCUT2D eigenvalue weighted by Crippen LogP contribution is -2.56. The third kappa shape index (κ3) is 4.93. The van der Waals surface area contributed by atoms with Crippen molar-refractivity contribution in [3.8, 4) is 5.75 Å². The first-order valence-corrected chi connectivity index (χ1v) is 12.5. The van der Waals surface area contributed by atoms with Gasteiger partial charge in [-0.15, -0.1) is 0 Å². The first kappa shape index (κ1) is 22.0. The highest BCUT2D eigenvalue weighted by Crippen LogP contribution is 2.42. The van der Waals surface area contributed by atoms with Gasteiger partial charge in [0.25, 0.3) is 0 Å². The molecule has 0 unspecified atom stereocenters. The molecule has 1 aliphatic carbocycles. The van der Waals surface area contributed by atoms with Crippen LogP contribution in [0.2, 0.25) is 0 Å². The van der Waals surface area contributed by atoms with Gasteiger partial charge in [0.05, 0.1) is 35.0 Å². The van der Waals surface area contributed by atoms with Gasteiger partial charge in [-0.2, -0.15) is 18.3 Å². The predicted octanol–water partition coefficient (Wildman–Crippen LogP) is 3.26. The van der Waals surface area contributed by atoms with E-state index in [0.717, 1.165) is 30.1 Å². The summed E-state index contributed by atoms with van der Waals surface area (Å²) in [6, 6.07) is 4.26. The third-order valence-corrected chi connectivity index (χ3v) is 7.76. The lowest BCUT2D eigenvalue weighted by molar-refractivity contribution is -0.146. The van der Waals surface area contributed by atoms with Crippen molar-refractivity contribution in [1.29, 1.82) is 0 Å². The summed E-state index contributed by atoms with van der Waals surface area (Å²) in [6.45, 7) is 2.03. The summed E-state index contributed by atoms with van der Waals surface area (Å²) >= 11 is 0. The summed E-state index contributed by atoms with van der Waals surface area (Å²) in [5, 5.41) is 7.17. The Hall–Kier alpha value is -3.08. The van der Waals surface area contributed by atoms with Crippen LogP contribution in [0.15, 0.2) is 24.3 Å². The molecule has 5 rings (SSSR count). The smallest absolute Gasteiger partial charge is 0.433 e. The fraction of sp³-hybridized carbons (Fsp3) is 0.577. The molecule has 8 nitrogen and oxygen atoms in total. The summed E-state index contributed by atoms with van der Waals surface area (Å²) in [4.78, 5) is 30.0. The number of carbonyl (C=O) groups excluding carboxylic acids is 2. The van der Waals surface area contributed by atoms with Crippen LogP contribution in [0.3, 0.4) is 0 Å². The van der Waals surface area contributed by atoms with Crippen LogP contribution in [0, 0.1) is 6.92 Å². The van der Waals surface area contributed by atoms with Crippen molar-refractivity contribution in [1.82, 2.24) is 24.9 Å². The number of benzene rings is 1. The Balaban J connectivity index is 1.46. The molecule has 3 heterocycles. The van der Waals surface area contributed by atoms with Crippen LogP contribution in [-0.4, -0.2) is 70.7 Å². The number of hydrogen-bond donors (Lipinski definition) is 1. The Morgan fingerprint density at radius 1 is 1.22 bits per heavy atom. The number of rotatable bonds is 7. The summed E-state index contributed by atoms with van der Waals surface area (Å²) in [7, 11) is -0.863. The number of ether oxygens (including phenoxy) is 1. The molecule has 0 bridgehead atoms. The lowest BCUT2D eigenvalue weighted by atomic mass is 9.94. The van der Waals surface area contributed by atoms with E-state index in [2.05, 4.69) is 10.4 Å². The minimum atomic E-state index is -4.67. The Labute approximate surface area is 217 Å². The van der Waals surface area contributed by atoms with Crippen LogP contribution in [-0.2, 0) is 22.3 Å². The lowest BCUT2D eigenvalue weighted by Gasteiger charge is -2.38. The Kier molecular flexibility index (Phi) is 5.73. The number of methoxy groups -OCH3 is 1. The molecule has 2 amide bonds. The normalized spacial score (nSPS) is 25.7. The highest BCUT2D eigenvalue weighted by molar-refractivity contribution is 5.83.